The zero-order valence-electron chi connectivity index (χ0n) is 18.0. The topological polar surface area (TPSA) is 69.6 Å². The van der Waals surface area contributed by atoms with Crippen LogP contribution in [0.15, 0.2) is 54.6 Å². The maximum Gasteiger partial charge on any atom is 0.251 e. The predicted octanol–water partition coefficient (Wildman–Crippen LogP) is 3.99. The molecule has 1 saturated carbocycles. The number of likely N-dealkylation sites (tertiary alicyclic amines) is 1. The number of hydrogen-bond donors (Lipinski definition) is 2. The first-order valence-corrected chi connectivity index (χ1v) is 11.2. The highest BCUT2D eigenvalue weighted by Crippen LogP contribution is 2.47. The van der Waals surface area contributed by atoms with Crippen LogP contribution in [0.25, 0.3) is 0 Å². The first-order valence-electron chi connectivity index (χ1n) is 10.8. The minimum atomic E-state index is -1.03. The fourth-order valence-electron chi connectivity index (χ4n) is 4.82. The van der Waals surface area contributed by atoms with Gasteiger partial charge in [-0.3, -0.25) is 9.59 Å². The van der Waals surface area contributed by atoms with E-state index in [-0.39, 0.29) is 23.8 Å². The molecule has 2 N–H and O–H groups in total. The van der Waals surface area contributed by atoms with Gasteiger partial charge in [-0.25, -0.2) is 0 Å². The third-order valence-corrected chi connectivity index (χ3v) is 7.28. The fourth-order valence-corrected chi connectivity index (χ4v) is 4.94. The van der Waals surface area contributed by atoms with Crippen molar-refractivity contribution in [2.75, 3.05) is 13.1 Å². The predicted molar refractivity (Wildman–Crippen MR) is 121 cm³/mol. The maximum absolute atomic E-state index is 13.3. The molecule has 5 nitrogen and oxygen atoms in total. The summed E-state index contributed by atoms with van der Waals surface area (Å²) in [7, 11) is 0. The van der Waals surface area contributed by atoms with Crippen LogP contribution in [0.2, 0.25) is 5.02 Å². The van der Waals surface area contributed by atoms with Crippen molar-refractivity contribution in [3.05, 3.63) is 70.7 Å². The van der Waals surface area contributed by atoms with Crippen LogP contribution < -0.4 is 5.32 Å². The SMILES string of the molecule is CC1(C)CN(C(=O)C2CCC2NC(=O)c2ccccc2)CCC1(O)c1ccc(Cl)cc1. The molecule has 2 aromatic rings. The Labute approximate surface area is 188 Å². The van der Waals surface area contributed by atoms with Crippen molar-refractivity contribution in [2.45, 2.75) is 44.8 Å². The molecule has 0 spiro atoms. The molecule has 2 aromatic carbocycles. The molecular weight excluding hydrogens is 412 g/mol. The van der Waals surface area contributed by atoms with Crippen molar-refractivity contribution < 1.29 is 14.7 Å². The second-order valence-electron chi connectivity index (χ2n) is 9.39. The fraction of sp³-hybridized carbons (Fsp3) is 0.440. The molecule has 1 saturated heterocycles. The van der Waals surface area contributed by atoms with Gasteiger partial charge in [-0.2, -0.15) is 0 Å². The largest absolute Gasteiger partial charge is 0.384 e. The van der Waals surface area contributed by atoms with E-state index in [1.807, 2.05) is 49.1 Å². The van der Waals surface area contributed by atoms with Gasteiger partial charge in [-0.15, -0.1) is 0 Å². The molecule has 2 fully saturated rings. The number of rotatable bonds is 4. The lowest BCUT2D eigenvalue weighted by molar-refractivity contribution is -0.159. The number of nitrogens with zero attached hydrogens (tertiary/aromatic N) is 1. The number of halogens is 1. The van der Waals surface area contributed by atoms with Crippen LogP contribution >= 0.6 is 11.6 Å². The Morgan fingerprint density at radius 3 is 2.32 bits per heavy atom. The Hall–Kier alpha value is -2.37. The number of carbonyl (C=O) groups is 2. The molecule has 4 rings (SSSR count). The van der Waals surface area contributed by atoms with E-state index in [2.05, 4.69) is 5.32 Å². The van der Waals surface area contributed by atoms with Crippen molar-refractivity contribution in [3.8, 4) is 0 Å². The van der Waals surface area contributed by atoms with Crippen LogP contribution in [-0.4, -0.2) is 41.0 Å². The molecule has 1 heterocycles. The zero-order chi connectivity index (χ0) is 22.2. The van der Waals surface area contributed by atoms with Gasteiger partial charge in [-0.05, 0) is 49.1 Å². The van der Waals surface area contributed by atoms with E-state index in [0.717, 1.165) is 18.4 Å². The molecule has 6 heteroatoms. The molecule has 3 unspecified atom stereocenters. The Morgan fingerprint density at radius 1 is 1.06 bits per heavy atom. The summed E-state index contributed by atoms with van der Waals surface area (Å²) in [5.41, 5.74) is -0.130. The lowest BCUT2D eigenvalue weighted by Gasteiger charge is -2.52. The van der Waals surface area contributed by atoms with Crippen molar-refractivity contribution in [3.63, 3.8) is 0 Å². The molecule has 2 amide bonds. The summed E-state index contributed by atoms with van der Waals surface area (Å²) >= 11 is 6.01. The van der Waals surface area contributed by atoms with Crippen LogP contribution in [0, 0.1) is 11.3 Å². The third kappa shape index (κ3) is 4.09. The van der Waals surface area contributed by atoms with Crippen LogP contribution in [-0.2, 0) is 10.4 Å². The molecule has 0 radical (unpaired) electrons. The molecule has 164 valence electrons. The summed E-state index contributed by atoms with van der Waals surface area (Å²) in [6, 6.07) is 16.2. The summed E-state index contributed by atoms with van der Waals surface area (Å²) in [4.78, 5) is 27.6. The average Bonchev–Trinajstić information content (AvgIpc) is 2.74. The number of carbonyl (C=O) groups excluding carboxylic acids is 2. The van der Waals surface area contributed by atoms with Gasteiger partial charge in [0.15, 0.2) is 0 Å². The van der Waals surface area contributed by atoms with Crippen LogP contribution in [0.5, 0.6) is 0 Å². The summed E-state index contributed by atoms with van der Waals surface area (Å²) in [5, 5.41) is 15.2. The molecular formula is C25H29ClN2O3. The number of nitrogens with one attached hydrogen (secondary N) is 1. The van der Waals surface area contributed by atoms with Gasteiger partial charge >= 0.3 is 0 Å². The van der Waals surface area contributed by atoms with Crippen molar-refractivity contribution in [2.24, 2.45) is 11.3 Å². The van der Waals surface area contributed by atoms with Gasteiger partial charge in [0, 0.05) is 35.1 Å². The summed E-state index contributed by atoms with van der Waals surface area (Å²) in [5.74, 6) is -0.278. The number of piperidine rings is 1. The highest BCUT2D eigenvalue weighted by Gasteiger charge is 2.51. The van der Waals surface area contributed by atoms with E-state index >= 15 is 0 Å². The molecule has 0 aromatic heterocycles. The normalized spacial score (nSPS) is 27.3. The van der Waals surface area contributed by atoms with Crippen molar-refractivity contribution in [1.29, 1.82) is 0 Å². The highest BCUT2D eigenvalue weighted by atomic mass is 35.5. The van der Waals surface area contributed by atoms with E-state index in [4.69, 9.17) is 11.6 Å². The Kier molecular flexibility index (Phi) is 5.84. The number of aliphatic hydroxyl groups is 1. The molecule has 1 aliphatic carbocycles. The zero-order valence-corrected chi connectivity index (χ0v) is 18.7. The standard InChI is InChI=1S/C25H29ClN2O3/c1-24(2)16-28(15-14-25(24,31)18-8-10-19(26)11-9-18)23(30)20-12-13-21(20)27-22(29)17-6-4-3-5-7-17/h3-11,20-21,31H,12-16H2,1-2H3,(H,27,29). The van der Waals surface area contributed by atoms with Gasteiger partial charge in [0.1, 0.15) is 0 Å². The molecule has 2 aliphatic rings. The van der Waals surface area contributed by atoms with E-state index in [9.17, 15) is 14.7 Å². The maximum atomic E-state index is 13.3. The van der Waals surface area contributed by atoms with Gasteiger partial charge < -0.3 is 15.3 Å². The van der Waals surface area contributed by atoms with Gasteiger partial charge in [0.25, 0.3) is 5.91 Å². The molecule has 31 heavy (non-hydrogen) atoms. The Bertz CT molecular complexity index is 960. The lowest BCUT2D eigenvalue weighted by atomic mass is 9.66. The number of amides is 2. The van der Waals surface area contributed by atoms with Crippen LogP contribution in [0.1, 0.15) is 49.0 Å². The lowest BCUT2D eigenvalue weighted by Crippen LogP contribution is -2.60. The van der Waals surface area contributed by atoms with Crippen molar-refractivity contribution in [1.82, 2.24) is 10.2 Å². The minimum absolute atomic E-state index is 0.0656. The average molecular weight is 441 g/mol. The number of benzene rings is 2. The van der Waals surface area contributed by atoms with E-state index in [0.29, 0.717) is 30.1 Å². The quantitative estimate of drug-likeness (QED) is 0.755. The molecule has 0 bridgehead atoms. The third-order valence-electron chi connectivity index (χ3n) is 7.03. The second kappa shape index (κ2) is 8.29. The van der Waals surface area contributed by atoms with Crippen molar-refractivity contribution >= 4 is 23.4 Å². The Morgan fingerprint density at radius 2 is 1.74 bits per heavy atom. The minimum Gasteiger partial charge on any atom is -0.384 e. The van der Waals surface area contributed by atoms with Gasteiger partial charge in [0.05, 0.1) is 11.5 Å². The van der Waals surface area contributed by atoms with E-state index in [1.54, 1.807) is 24.3 Å². The van der Waals surface area contributed by atoms with E-state index in [1.165, 1.54) is 0 Å². The first kappa shape index (κ1) is 21.8. The van der Waals surface area contributed by atoms with Crippen LogP contribution in [0.3, 0.4) is 0 Å². The highest BCUT2D eigenvalue weighted by molar-refractivity contribution is 6.30. The van der Waals surface area contributed by atoms with E-state index < -0.39 is 11.0 Å². The monoisotopic (exact) mass is 440 g/mol. The van der Waals surface area contributed by atoms with Gasteiger partial charge in [-0.1, -0.05) is 55.8 Å². The summed E-state index contributed by atoms with van der Waals surface area (Å²) in [6.07, 6.45) is 2.04. The first-order chi connectivity index (χ1) is 14.7. The Balaban J connectivity index is 1.42. The summed E-state index contributed by atoms with van der Waals surface area (Å²) < 4.78 is 0. The second-order valence-corrected chi connectivity index (χ2v) is 9.83. The molecule has 3 atom stereocenters. The number of hydrogen-bond acceptors (Lipinski definition) is 3. The van der Waals surface area contributed by atoms with Crippen LogP contribution in [0.4, 0.5) is 0 Å². The van der Waals surface area contributed by atoms with Gasteiger partial charge in [0.2, 0.25) is 5.91 Å². The summed E-state index contributed by atoms with van der Waals surface area (Å²) in [6.45, 7) is 4.94. The molecule has 1 aliphatic heterocycles. The smallest absolute Gasteiger partial charge is 0.251 e.